The van der Waals surface area contributed by atoms with Crippen molar-refractivity contribution in [1.82, 2.24) is 54.2 Å². The predicted molar refractivity (Wildman–Crippen MR) is 277 cm³/mol. The highest BCUT2D eigenvalue weighted by molar-refractivity contribution is 6.28. The molecule has 2 aromatic carbocycles. The van der Waals surface area contributed by atoms with E-state index in [-0.39, 0.29) is 54.3 Å². The first-order valence-corrected chi connectivity index (χ1v) is 24.2. The first kappa shape index (κ1) is 51.5. The van der Waals surface area contributed by atoms with Crippen molar-refractivity contribution >= 4 is 74.7 Å². The summed E-state index contributed by atoms with van der Waals surface area (Å²) in [6.45, 7) is 8.45. The number of piperazine rings is 2. The van der Waals surface area contributed by atoms with Crippen molar-refractivity contribution < 1.29 is 19.1 Å². The van der Waals surface area contributed by atoms with Crippen molar-refractivity contribution in [3.05, 3.63) is 66.5 Å². The van der Waals surface area contributed by atoms with E-state index in [9.17, 15) is 9.59 Å². The molecule has 2 amide bonds. The molecule has 2 aliphatic carbocycles. The summed E-state index contributed by atoms with van der Waals surface area (Å²) >= 11 is 5.95. The molecule has 2 saturated heterocycles. The zero-order valence-electron chi connectivity index (χ0n) is 40.0. The van der Waals surface area contributed by atoms with Gasteiger partial charge in [-0.2, -0.15) is 19.9 Å². The molecule has 0 bridgehead atoms. The third kappa shape index (κ3) is 12.7. The minimum atomic E-state index is -0.0273. The van der Waals surface area contributed by atoms with Gasteiger partial charge in [0.25, 0.3) is 0 Å². The van der Waals surface area contributed by atoms with E-state index in [1.807, 2.05) is 59.4 Å². The van der Waals surface area contributed by atoms with E-state index in [0.29, 0.717) is 34.2 Å². The van der Waals surface area contributed by atoms with Crippen LogP contribution in [0.2, 0.25) is 5.28 Å². The highest BCUT2D eigenvalue weighted by Crippen LogP contribution is 2.37. The number of benzene rings is 2. The molecule has 20 nitrogen and oxygen atoms in total. The molecule has 21 heteroatoms. The number of methoxy groups -OCH3 is 2. The fraction of sp³-hybridized carbons (Fsp3) is 0.510. The van der Waals surface area contributed by atoms with Gasteiger partial charge in [0, 0.05) is 99.8 Å². The van der Waals surface area contributed by atoms with Gasteiger partial charge in [-0.15, -0.1) is 0 Å². The van der Waals surface area contributed by atoms with E-state index in [4.69, 9.17) is 37.5 Å². The maximum atomic E-state index is 12.8. The van der Waals surface area contributed by atoms with Crippen LogP contribution in [0.3, 0.4) is 0 Å². The number of carbonyl (C=O) groups excluding carboxylic acids is 2. The van der Waals surface area contributed by atoms with Crippen molar-refractivity contribution in [3.63, 3.8) is 0 Å². The monoisotopic (exact) mass is 981 g/mol. The van der Waals surface area contributed by atoms with Crippen LogP contribution in [0.15, 0.2) is 61.2 Å². The van der Waals surface area contributed by atoms with Gasteiger partial charge in [0.05, 0.1) is 26.9 Å². The number of anilines is 5. The molecule has 6 aromatic rings. The highest BCUT2D eigenvalue weighted by Gasteiger charge is 2.31. The Morgan fingerprint density at radius 1 is 0.643 bits per heavy atom. The summed E-state index contributed by atoms with van der Waals surface area (Å²) in [7, 11) is 7.50. The average Bonchev–Trinajstić information content (AvgIpc) is 4.01. The molecule has 4 fully saturated rings. The topological polar surface area (TPSA) is 238 Å². The highest BCUT2D eigenvalue weighted by atomic mass is 35.5. The second kappa shape index (κ2) is 24.0. The molecular formula is C49H69ClN16O4. The number of amides is 2. The van der Waals surface area contributed by atoms with Gasteiger partial charge < -0.3 is 60.7 Å². The van der Waals surface area contributed by atoms with Crippen LogP contribution in [0.4, 0.5) is 29.0 Å². The van der Waals surface area contributed by atoms with E-state index in [1.54, 1.807) is 20.5 Å². The zero-order chi connectivity index (χ0) is 48.4. The van der Waals surface area contributed by atoms with E-state index in [2.05, 4.69) is 74.2 Å². The number of hydrogen-bond acceptors (Lipinski definition) is 16. The normalized spacial score (nSPS) is 20.8. The number of carbonyl (C=O) groups is 2. The molecule has 4 aliphatic rings. The average molecular weight is 982 g/mol. The molecule has 6 heterocycles. The number of nitrogens with two attached hydrogens (primary N) is 2. The number of hydrogen-bond donors (Lipinski definition) is 5. The summed E-state index contributed by atoms with van der Waals surface area (Å²) in [5, 5.41) is 9.41. The lowest BCUT2D eigenvalue weighted by atomic mass is 9.85. The minimum Gasteiger partial charge on any atom is -0.497 e. The number of fused-ring (bicyclic) bond motifs is 2. The molecule has 7 N–H and O–H groups in total. The van der Waals surface area contributed by atoms with Gasteiger partial charge >= 0.3 is 0 Å². The van der Waals surface area contributed by atoms with E-state index < -0.39 is 0 Å². The minimum absolute atomic E-state index is 0. The summed E-state index contributed by atoms with van der Waals surface area (Å²) in [6, 6.07) is 15.3. The van der Waals surface area contributed by atoms with Crippen LogP contribution >= 0.6 is 11.6 Å². The second-order valence-electron chi connectivity index (χ2n) is 18.2. The lowest BCUT2D eigenvalue weighted by Crippen LogP contribution is -2.45. The third-order valence-corrected chi connectivity index (χ3v) is 13.7. The maximum Gasteiger partial charge on any atom is 0.229 e. The molecule has 70 heavy (non-hydrogen) atoms. The Hall–Kier alpha value is -6.35. The van der Waals surface area contributed by atoms with E-state index in [1.165, 1.54) is 13.1 Å². The first-order chi connectivity index (χ1) is 33.5. The van der Waals surface area contributed by atoms with Crippen molar-refractivity contribution in [2.24, 2.45) is 11.8 Å². The molecule has 10 rings (SSSR count). The Balaban J connectivity index is 0.000000181. The van der Waals surface area contributed by atoms with E-state index in [0.717, 1.165) is 113 Å². The van der Waals surface area contributed by atoms with Crippen LogP contribution in [0, 0.1) is 11.8 Å². The Morgan fingerprint density at radius 3 is 1.56 bits per heavy atom. The number of halogens is 1. The van der Waals surface area contributed by atoms with Crippen LogP contribution in [0.5, 0.6) is 11.5 Å². The number of nitrogens with one attached hydrogen (secondary N) is 3. The summed E-state index contributed by atoms with van der Waals surface area (Å²) in [5.41, 5.74) is 16.3. The largest absolute Gasteiger partial charge is 0.497 e. The molecule has 0 radical (unpaired) electrons. The molecule has 0 spiro atoms. The third-order valence-electron chi connectivity index (χ3n) is 13.6. The van der Waals surface area contributed by atoms with Crippen molar-refractivity contribution in [1.29, 1.82) is 0 Å². The van der Waals surface area contributed by atoms with Crippen molar-refractivity contribution in [3.8, 4) is 11.5 Å². The van der Waals surface area contributed by atoms with E-state index >= 15 is 0 Å². The zero-order valence-corrected chi connectivity index (χ0v) is 40.7. The second-order valence-corrected chi connectivity index (χ2v) is 18.6. The van der Waals surface area contributed by atoms with Gasteiger partial charge in [-0.25, -0.2) is 9.97 Å². The molecule has 376 valence electrons. The number of imidazole rings is 2. The quantitative estimate of drug-likeness (QED) is 0.102. The summed E-state index contributed by atoms with van der Waals surface area (Å²) in [5.74, 6) is 2.87. The Kier molecular flexibility index (Phi) is 17.6. The van der Waals surface area contributed by atoms with Gasteiger partial charge in [0.1, 0.15) is 22.5 Å². The molecule has 0 unspecified atom stereocenters. The molecule has 4 aromatic heterocycles. The SMILES string of the molecule is C.CN1CCNCC1.COc1cccc(NC(=O)C2CCC(n3cnc4c(N)nc(Cl)nc43)CC2)c1.COc1cccc(NC(=O)C2CCC(n3cnc4c(N)nc(N5CCN(C)CC5)nc43)CC2)c1. The lowest BCUT2D eigenvalue weighted by molar-refractivity contribution is -0.121. The van der Waals surface area contributed by atoms with Gasteiger partial charge in [0.2, 0.25) is 23.0 Å². The van der Waals surface area contributed by atoms with Crippen molar-refractivity contribution in [2.45, 2.75) is 70.9 Å². The van der Waals surface area contributed by atoms with Crippen LogP contribution < -0.4 is 41.8 Å². The van der Waals surface area contributed by atoms with Crippen LogP contribution in [0.25, 0.3) is 22.3 Å². The number of likely N-dealkylation sites (N-methyl/N-ethyl adjacent to an activating group) is 2. The van der Waals surface area contributed by atoms with Gasteiger partial charge in [0.15, 0.2) is 22.9 Å². The van der Waals surface area contributed by atoms with Crippen LogP contribution in [-0.2, 0) is 9.59 Å². The number of aromatic nitrogens is 8. The summed E-state index contributed by atoms with van der Waals surface area (Å²) < 4.78 is 14.6. The summed E-state index contributed by atoms with van der Waals surface area (Å²) in [6.07, 6.45) is 10.2. The van der Waals surface area contributed by atoms with Crippen molar-refractivity contribution in [2.75, 3.05) is 108 Å². The smallest absolute Gasteiger partial charge is 0.229 e. The molecule has 2 saturated carbocycles. The lowest BCUT2D eigenvalue weighted by Gasteiger charge is -2.32. The first-order valence-electron chi connectivity index (χ1n) is 23.8. The predicted octanol–water partition coefficient (Wildman–Crippen LogP) is 6.14. The van der Waals surface area contributed by atoms with Gasteiger partial charge in [-0.3, -0.25) is 9.59 Å². The Morgan fingerprint density at radius 2 is 1.10 bits per heavy atom. The fourth-order valence-corrected chi connectivity index (χ4v) is 9.59. The maximum absolute atomic E-state index is 12.8. The number of ether oxygens (including phenoxy) is 2. The molecular weight excluding hydrogens is 912 g/mol. The van der Waals surface area contributed by atoms with Crippen LogP contribution in [0.1, 0.15) is 70.9 Å². The Bertz CT molecular complexity index is 2670. The van der Waals surface area contributed by atoms with Crippen LogP contribution in [-0.4, -0.2) is 141 Å². The fourth-order valence-electron chi connectivity index (χ4n) is 9.42. The number of nitrogen functional groups attached to an aromatic ring is 2. The summed E-state index contributed by atoms with van der Waals surface area (Å²) in [4.78, 5) is 58.8. The number of rotatable bonds is 9. The van der Waals surface area contributed by atoms with Gasteiger partial charge in [-0.05, 0) is 101 Å². The number of nitrogens with zero attached hydrogens (tertiary/aromatic N) is 11. The molecule has 0 atom stereocenters. The molecule has 2 aliphatic heterocycles. The Labute approximate surface area is 414 Å². The van der Waals surface area contributed by atoms with Gasteiger partial charge in [-0.1, -0.05) is 19.6 Å². The standard InChI is InChI=1S/C24H32N8O2.C19H21ClN6O2.C5H12N2.CH4/c1-30-10-12-31(13-11-30)24-28-21(25)20-22(29-24)32(15-26-20)18-8-6-16(7-9-18)23(33)27-17-4-3-5-19(14-17)34-2;1-28-14-4-2-3-12(9-14)23-18(27)11-5-7-13(8-6-11)26-10-22-15-16(21)24-19(20)25-17(15)26;1-7-4-2-6-3-5-7;/h3-5,14-16,18H,6-13H2,1-2H3,(H,27,33)(H2,25,28,29);2-4,9-11,13H,5-8H2,1H3,(H,23,27)(H2,21,24,25);6H,2-5H2,1H3;1H4.